The number of aromatic nitrogens is 2. The molecule has 0 spiro atoms. The molecule has 0 atom stereocenters. The first kappa shape index (κ1) is 14.5. The fourth-order valence-electron chi connectivity index (χ4n) is 2.45. The van der Waals surface area contributed by atoms with Gasteiger partial charge >= 0.3 is 0 Å². The van der Waals surface area contributed by atoms with Crippen LogP contribution in [0.4, 0.5) is 5.69 Å². The van der Waals surface area contributed by atoms with Gasteiger partial charge in [0.2, 0.25) is 5.91 Å². The molecule has 5 heteroatoms. The summed E-state index contributed by atoms with van der Waals surface area (Å²) < 4.78 is 1.11. The fraction of sp³-hybridized carbons (Fsp3) is 0. The molecule has 0 radical (unpaired) electrons. The third-order valence-corrected chi connectivity index (χ3v) is 4.56. The largest absolute Gasteiger partial charge is 0.322 e. The SMILES string of the molecule is O=C(/C=C/c1nc2ccccc2s1)Nc1ccc2ncccc2c1. The summed E-state index contributed by atoms with van der Waals surface area (Å²) in [6.07, 6.45) is 5.00. The maximum absolute atomic E-state index is 12.1. The molecule has 2 aromatic heterocycles. The first-order valence-electron chi connectivity index (χ1n) is 7.47. The second kappa shape index (κ2) is 6.22. The molecule has 4 rings (SSSR count). The van der Waals surface area contributed by atoms with Crippen molar-refractivity contribution in [3.8, 4) is 0 Å². The lowest BCUT2D eigenvalue weighted by atomic mass is 10.2. The molecule has 0 aliphatic rings. The summed E-state index contributed by atoms with van der Waals surface area (Å²) in [5.41, 5.74) is 2.60. The predicted molar refractivity (Wildman–Crippen MR) is 99.0 cm³/mol. The zero-order valence-corrected chi connectivity index (χ0v) is 13.5. The Labute approximate surface area is 142 Å². The van der Waals surface area contributed by atoms with Gasteiger partial charge in [0.05, 0.1) is 15.7 Å². The normalized spacial score (nSPS) is 11.3. The number of nitrogens with one attached hydrogen (secondary N) is 1. The van der Waals surface area contributed by atoms with Crippen molar-refractivity contribution in [3.05, 3.63) is 71.9 Å². The number of pyridine rings is 1. The summed E-state index contributed by atoms with van der Waals surface area (Å²) in [5, 5.41) is 4.67. The average molecular weight is 331 g/mol. The van der Waals surface area contributed by atoms with Crippen LogP contribution in [0, 0.1) is 0 Å². The maximum Gasteiger partial charge on any atom is 0.248 e. The number of benzene rings is 2. The Balaban J connectivity index is 1.50. The predicted octanol–water partition coefficient (Wildman–Crippen LogP) is 4.50. The van der Waals surface area contributed by atoms with Crippen molar-refractivity contribution >= 4 is 50.1 Å². The second-order valence-corrected chi connectivity index (χ2v) is 6.32. The lowest BCUT2D eigenvalue weighted by Crippen LogP contribution is -2.07. The molecule has 2 aromatic carbocycles. The zero-order valence-electron chi connectivity index (χ0n) is 12.6. The number of hydrogen-bond acceptors (Lipinski definition) is 4. The smallest absolute Gasteiger partial charge is 0.248 e. The molecule has 0 bridgehead atoms. The third kappa shape index (κ3) is 3.02. The van der Waals surface area contributed by atoms with Gasteiger partial charge in [-0.3, -0.25) is 9.78 Å². The van der Waals surface area contributed by atoms with Gasteiger partial charge in [-0.2, -0.15) is 0 Å². The Morgan fingerprint density at radius 2 is 1.96 bits per heavy atom. The highest BCUT2D eigenvalue weighted by molar-refractivity contribution is 7.19. The molecule has 0 fully saturated rings. The van der Waals surface area contributed by atoms with Crippen LogP contribution >= 0.6 is 11.3 Å². The summed E-state index contributed by atoms with van der Waals surface area (Å²) >= 11 is 1.56. The number of fused-ring (bicyclic) bond motifs is 2. The Bertz CT molecular complexity index is 1040. The highest BCUT2D eigenvalue weighted by Gasteiger charge is 2.02. The monoisotopic (exact) mass is 331 g/mol. The molecule has 0 saturated carbocycles. The van der Waals surface area contributed by atoms with Crippen LogP contribution in [-0.4, -0.2) is 15.9 Å². The van der Waals surface area contributed by atoms with Crippen molar-refractivity contribution in [1.82, 2.24) is 9.97 Å². The van der Waals surface area contributed by atoms with Crippen molar-refractivity contribution in [2.45, 2.75) is 0 Å². The lowest BCUT2D eigenvalue weighted by Gasteiger charge is -2.03. The van der Waals surface area contributed by atoms with Gasteiger partial charge in [0, 0.05) is 23.3 Å². The number of rotatable bonds is 3. The fourth-order valence-corrected chi connectivity index (χ4v) is 3.32. The Kier molecular flexibility index (Phi) is 3.76. The molecule has 1 N–H and O–H groups in total. The van der Waals surface area contributed by atoms with E-state index in [9.17, 15) is 4.79 Å². The zero-order chi connectivity index (χ0) is 16.4. The van der Waals surface area contributed by atoms with Gasteiger partial charge in [-0.05, 0) is 42.5 Å². The van der Waals surface area contributed by atoms with Gasteiger partial charge in [0.25, 0.3) is 0 Å². The number of para-hydroxylation sites is 1. The number of carbonyl (C=O) groups is 1. The number of anilines is 1. The number of nitrogens with zero attached hydrogens (tertiary/aromatic N) is 2. The summed E-state index contributed by atoms with van der Waals surface area (Å²) in [6.45, 7) is 0. The number of carbonyl (C=O) groups excluding carboxylic acids is 1. The van der Waals surface area contributed by atoms with E-state index in [1.807, 2.05) is 54.6 Å². The quantitative estimate of drug-likeness (QED) is 0.563. The topological polar surface area (TPSA) is 54.9 Å². The third-order valence-electron chi connectivity index (χ3n) is 3.56. The van der Waals surface area contributed by atoms with E-state index in [2.05, 4.69) is 15.3 Å². The van der Waals surface area contributed by atoms with E-state index in [0.717, 1.165) is 31.8 Å². The summed E-state index contributed by atoms with van der Waals surface area (Å²) in [7, 11) is 0. The molecule has 0 unspecified atom stereocenters. The van der Waals surface area contributed by atoms with E-state index in [-0.39, 0.29) is 5.91 Å². The van der Waals surface area contributed by atoms with Crippen LogP contribution in [0.1, 0.15) is 5.01 Å². The number of amides is 1. The van der Waals surface area contributed by atoms with E-state index in [1.54, 1.807) is 23.6 Å². The van der Waals surface area contributed by atoms with E-state index < -0.39 is 0 Å². The minimum absolute atomic E-state index is 0.183. The first-order valence-corrected chi connectivity index (χ1v) is 8.29. The maximum atomic E-state index is 12.1. The molecule has 0 saturated heterocycles. The molecule has 24 heavy (non-hydrogen) atoms. The van der Waals surface area contributed by atoms with E-state index in [0.29, 0.717) is 0 Å². The Hall–Kier alpha value is -3.05. The van der Waals surface area contributed by atoms with Crippen LogP contribution in [0.2, 0.25) is 0 Å². The summed E-state index contributed by atoms with van der Waals surface area (Å²) in [6, 6.07) is 17.4. The minimum Gasteiger partial charge on any atom is -0.322 e. The molecule has 4 aromatic rings. The van der Waals surface area contributed by atoms with Gasteiger partial charge in [-0.25, -0.2) is 4.98 Å². The van der Waals surface area contributed by atoms with Crippen LogP contribution in [0.3, 0.4) is 0 Å². The van der Waals surface area contributed by atoms with Gasteiger partial charge < -0.3 is 5.32 Å². The van der Waals surface area contributed by atoms with Gasteiger partial charge in [0.15, 0.2) is 0 Å². The minimum atomic E-state index is -0.183. The average Bonchev–Trinajstić information content (AvgIpc) is 3.03. The highest BCUT2D eigenvalue weighted by Crippen LogP contribution is 2.22. The van der Waals surface area contributed by atoms with E-state index in [4.69, 9.17) is 0 Å². The summed E-state index contributed by atoms with van der Waals surface area (Å²) in [4.78, 5) is 20.8. The molecule has 2 heterocycles. The van der Waals surface area contributed by atoms with E-state index >= 15 is 0 Å². The molecular weight excluding hydrogens is 318 g/mol. The van der Waals surface area contributed by atoms with Crippen molar-refractivity contribution in [2.75, 3.05) is 5.32 Å². The lowest BCUT2D eigenvalue weighted by molar-refractivity contribution is -0.111. The Morgan fingerprint density at radius 3 is 2.88 bits per heavy atom. The first-order chi connectivity index (χ1) is 11.8. The van der Waals surface area contributed by atoms with Crippen molar-refractivity contribution in [2.24, 2.45) is 0 Å². The van der Waals surface area contributed by atoms with Crippen molar-refractivity contribution < 1.29 is 4.79 Å². The van der Waals surface area contributed by atoms with Gasteiger partial charge in [-0.15, -0.1) is 11.3 Å². The van der Waals surface area contributed by atoms with Crippen molar-refractivity contribution in [3.63, 3.8) is 0 Å². The van der Waals surface area contributed by atoms with Crippen LogP contribution < -0.4 is 5.32 Å². The van der Waals surface area contributed by atoms with Crippen LogP contribution in [0.15, 0.2) is 66.9 Å². The van der Waals surface area contributed by atoms with Crippen LogP contribution in [0.25, 0.3) is 27.2 Å². The molecule has 0 aliphatic carbocycles. The Morgan fingerprint density at radius 1 is 1.04 bits per heavy atom. The molecule has 0 aliphatic heterocycles. The molecule has 4 nitrogen and oxygen atoms in total. The van der Waals surface area contributed by atoms with Gasteiger partial charge in [0.1, 0.15) is 5.01 Å². The van der Waals surface area contributed by atoms with E-state index in [1.165, 1.54) is 6.08 Å². The number of thiazole rings is 1. The number of hydrogen-bond donors (Lipinski definition) is 1. The van der Waals surface area contributed by atoms with Crippen LogP contribution in [0.5, 0.6) is 0 Å². The highest BCUT2D eigenvalue weighted by atomic mass is 32.1. The standard InChI is InChI=1S/C19H13N3OS/c23-18(9-10-19-22-16-5-1-2-6-17(16)24-19)21-14-7-8-15-13(12-14)4-3-11-20-15/h1-12H,(H,21,23)/b10-9+. The molecule has 1 amide bonds. The molecule has 116 valence electrons. The molecular formula is C19H13N3OS. The van der Waals surface area contributed by atoms with Crippen molar-refractivity contribution in [1.29, 1.82) is 0 Å². The second-order valence-electron chi connectivity index (χ2n) is 5.25. The van der Waals surface area contributed by atoms with Gasteiger partial charge in [-0.1, -0.05) is 18.2 Å². The summed E-state index contributed by atoms with van der Waals surface area (Å²) in [5.74, 6) is -0.183. The van der Waals surface area contributed by atoms with Crippen LogP contribution in [-0.2, 0) is 4.79 Å².